The van der Waals surface area contributed by atoms with E-state index in [0.29, 0.717) is 0 Å². The predicted molar refractivity (Wildman–Crippen MR) is 91.8 cm³/mol. The van der Waals surface area contributed by atoms with Crippen LogP contribution >= 0.6 is 0 Å². The molecule has 1 heterocycles. The first-order valence-electron chi connectivity index (χ1n) is 7.61. The maximum atomic E-state index is 12.5. The molecule has 0 aliphatic carbocycles. The van der Waals surface area contributed by atoms with Gasteiger partial charge >= 0.3 is 0 Å². The van der Waals surface area contributed by atoms with E-state index in [1.54, 1.807) is 16.8 Å². The van der Waals surface area contributed by atoms with E-state index in [4.69, 9.17) is 0 Å². The van der Waals surface area contributed by atoms with Gasteiger partial charge in [-0.05, 0) is 37.0 Å². The van der Waals surface area contributed by atoms with Crippen molar-refractivity contribution in [2.45, 2.75) is 51.5 Å². The highest BCUT2D eigenvalue weighted by Gasteiger charge is 2.19. The van der Waals surface area contributed by atoms with Gasteiger partial charge in [-0.3, -0.25) is 4.68 Å². The molecule has 2 rings (SSSR count). The molecule has 1 aromatic carbocycles. The lowest BCUT2D eigenvalue weighted by molar-refractivity contribution is 0.578. The summed E-state index contributed by atoms with van der Waals surface area (Å²) in [5.74, 6) is 0. The topological polar surface area (TPSA) is 64.0 Å². The number of benzene rings is 1. The van der Waals surface area contributed by atoms with Crippen LogP contribution in [0.5, 0.6) is 0 Å². The van der Waals surface area contributed by atoms with Gasteiger partial charge in [0.2, 0.25) is 10.0 Å². The molecule has 1 aromatic heterocycles. The van der Waals surface area contributed by atoms with Gasteiger partial charge in [0.05, 0.1) is 10.6 Å². The van der Waals surface area contributed by atoms with E-state index in [1.807, 2.05) is 33.0 Å². The average molecular weight is 335 g/mol. The van der Waals surface area contributed by atoms with Gasteiger partial charge in [0.25, 0.3) is 0 Å². The quantitative estimate of drug-likeness (QED) is 0.934. The van der Waals surface area contributed by atoms with Crippen molar-refractivity contribution in [3.05, 3.63) is 46.8 Å². The Morgan fingerprint density at radius 2 is 1.70 bits per heavy atom. The zero-order valence-electron chi connectivity index (χ0n) is 14.6. The summed E-state index contributed by atoms with van der Waals surface area (Å²) in [4.78, 5) is 0.282. The molecule has 1 N–H and O–H groups in total. The largest absolute Gasteiger partial charge is 0.272 e. The molecule has 23 heavy (non-hydrogen) atoms. The fourth-order valence-corrected chi connectivity index (χ4v) is 3.45. The van der Waals surface area contributed by atoms with E-state index in [0.717, 1.165) is 22.5 Å². The lowest BCUT2D eigenvalue weighted by atomic mass is 9.87. The zero-order valence-corrected chi connectivity index (χ0v) is 15.5. The molecule has 0 aliphatic heterocycles. The third-order valence-corrected chi connectivity index (χ3v) is 5.55. The van der Waals surface area contributed by atoms with E-state index in [1.165, 1.54) is 0 Å². The van der Waals surface area contributed by atoms with Gasteiger partial charge in [-0.25, -0.2) is 13.1 Å². The van der Waals surface area contributed by atoms with Gasteiger partial charge in [0, 0.05) is 24.8 Å². The van der Waals surface area contributed by atoms with Crippen LogP contribution in [0, 0.1) is 13.8 Å². The normalized spacial score (nSPS) is 12.6. The van der Waals surface area contributed by atoms with Crippen LogP contribution in [0.3, 0.4) is 0 Å². The molecular weight excluding hydrogens is 310 g/mol. The third-order valence-electron chi connectivity index (χ3n) is 4.13. The second kappa shape index (κ2) is 6.09. The molecule has 0 atom stereocenters. The number of sulfonamides is 1. The minimum Gasteiger partial charge on any atom is -0.272 e. The molecule has 0 spiro atoms. The van der Waals surface area contributed by atoms with Crippen molar-refractivity contribution in [1.29, 1.82) is 0 Å². The first kappa shape index (κ1) is 17.7. The van der Waals surface area contributed by atoms with E-state index >= 15 is 0 Å². The van der Waals surface area contributed by atoms with Gasteiger partial charge in [-0.1, -0.05) is 32.9 Å². The molecular formula is C17H25N3O2S. The van der Waals surface area contributed by atoms with Crippen LogP contribution in [-0.4, -0.2) is 18.2 Å². The number of aromatic nitrogens is 2. The van der Waals surface area contributed by atoms with E-state index in [2.05, 4.69) is 30.6 Å². The lowest BCUT2D eigenvalue weighted by Gasteiger charge is -2.19. The Labute approximate surface area is 138 Å². The second-order valence-electron chi connectivity index (χ2n) is 6.87. The van der Waals surface area contributed by atoms with E-state index < -0.39 is 10.0 Å². The molecule has 0 unspecified atom stereocenters. The predicted octanol–water partition coefficient (Wildman–Crippen LogP) is 2.81. The first-order chi connectivity index (χ1) is 10.5. The molecule has 0 bridgehead atoms. The Kier molecular flexibility index (Phi) is 4.69. The smallest absolute Gasteiger partial charge is 0.240 e. The summed E-state index contributed by atoms with van der Waals surface area (Å²) in [5, 5.41) is 4.30. The number of hydrogen-bond donors (Lipinski definition) is 1. The summed E-state index contributed by atoms with van der Waals surface area (Å²) < 4.78 is 29.3. The molecule has 0 aliphatic rings. The lowest BCUT2D eigenvalue weighted by Crippen LogP contribution is -2.24. The van der Waals surface area contributed by atoms with Crippen LogP contribution in [0.2, 0.25) is 0 Å². The maximum Gasteiger partial charge on any atom is 0.240 e. The van der Waals surface area contributed by atoms with Gasteiger partial charge in [-0.15, -0.1) is 0 Å². The van der Waals surface area contributed by atoms with Crippen LogP contribution in [0.25, 0.3) is 0 Å². The molecule has 0 fully saturated rings. The van der Waals surface area contributed by atoms with Gasteiger partial charge in [-0.2, -0.15) is 5.10 Å². The standard InChI is InChI=1S/C17H25N3O2S/c1-12-16(13(2)20(6)19-12)11-18-23(21,22)15-9-7-14(8-10-15)17(3,4)5/h7-10,18H,11H2,1-6H3. The summed E-state index contributed by atoms with van der Waals surface area (Å²) in [6, 6.07) is 7.06. The highest BCUT2D eigenvalue weighted by atomic mass is 32.2. The highest BCUT2D eigenvalue weighted by Crippen LogP contribution is 2.23. The molecule has 2 aromatic rings. The number of aryl methyl sites for hydroxylation is 2. The van der Waals surface area contributed by atoms with Gasteiger partial charge in [0.1, 0.15) is 0 Å². The number of hydrogen-bond acceptors (Lipinski definition) is 3. The Hall–Kier alpha value is -1.66. The fraction of sp³-hybridized carbons (Fsp3) is 0.471. The fourth-order valence-electron chi connectivity index (χ4n) is 2.46. The number of rotatable bonds is 4. The molecule has 5 nitrogen and oxygen atoms in total. The van der Waals surface area contributed by atoms with Crippen molar-refractivity contribution in [2.24, 2.45) is 7.05 Å². The summed E-state index contributed by atoms with van der Waals surface area (Å²) >= 11 is 0. The molecule has 0 saturated heterocycles. The van der Waals surface area contributed by atoms with Crippen LogP contribution in [0.15, 0.2) is 29.2 Å². The van der Waals surface area contributed by atoms with Crippen molar-refractivity contribution in [1.82, 2.24) is 14.5 Å². The van der Waals surface area contributed by atoms with Crippen LogP contribution in [-0.2, 0) is 29.0 Å². The van der Waals surface area contributed by atoms with E-state index in [-0.39, 0.29) is 16.9 Å². The Morgan fingerprint density at radius 1 is 1.13 bits per heavy atom. The molecule has 0 saturated carbocycles. The summed E-state index contributed by atoms with van der Waals surface area (Å²) in [6.45, 7) is 10.4. The van der Waals surface area contributed by atoms with Crippen molar-refractivity contribution in [3.8, 4) is 0 Å². The maximum absolute atomic E-state index is 12.5. The average Bonchev–Trinajstić information content (AvgIpc) is 2.69. The highest BCUT2D eigenvalue weighted by molar-refractivity contribution is 7.89. The Bertz CT molecular complexity index is 798. The summed E-state index contributed by atoms with van der Waals surface area (Å²) in [6.07, 6.45) is 0. The summed E-state index contributed by atoms with van der Waals surface area (Å²) in [5.41, 5.74) is 3.83. The Balaban J connectivity index is 2.19. The van der Waals surface area contributed by atoms with Crippen LogP contribution in [0.4, 0.5) is 0 Å². The summed E-state index contributed by atoms with van der Waals surface area (Å²) in [7, 11) is -1.68. The first-order valence-corrected chi connectivity index (χ1v) is 9.10. The SMILES string of the molecule is Cc1nn(C)c(C)c1CNS(=O)(=O)c1ccc(C(C)(C)C)cc1. The van der Waals surface area contributed by atoms with Crippen molar-refractivity contribution >= 4 is 10.0 Å². The number of nitrogens with zero attached hydrogens (tertiary/aromatic N) is 2. The van der Waals surface area contributed by atoms with Crippen LogP contribution in [0.1, 0.15) is 43.3 Å². The van der Waals surface area contributed by atoms with Crippen molar-refractivity contribution in [2.75, 3.05) is 0 Å². The van der Waals surface area contributed by atoms with Crippen LogP contribution < -0.4 is 4.72 Å². The zero-order chi connectivity index (χ0) is 17.4. The monoisotopic (exact) mass is 335 g/mol. The second-order valence-corrected chi connectivity index (χ2v) is 8.64. The minimum absolute atomic E-state index is 0.000345. The molecule has 6 heteroatoms. The minimum atomic E-state index is -3.53. The van der Waals surface area contributed by atoms with E-state index in [9.17, 15) is 8.42 Å². The molecule has 0 amide bonds. The number of nitrogens with one attached hydrogen (secondary N) is 1. The van der Waals surface area contributed by atoms with Gasteiger partial charge < -0.3 is 0 Å². The molecule has 0 radical (unpaired) electrons. The Morgan fingerprint density at radius 3 is 2.13 bits per heavy atom. The van der Waals surface area contributed by atoms with Crippen molar-refractivity contribution < 1.29 is 8.42 Å². The van der Waals surface area contributed by atoms with Crippen molar-refractivity contribution in [3.63, 3.8) is 0 Å². The van der Waals surface area contributed by atoms with Gasteiger partial charge in [0.15, 0.2) is 0 Å². The third kappa shape index (κ3) is 3.82. The molecule has 126 valence electrons.